The van der Waals surface area contributed by atoms with Gasteiger partial charge in [0.2, 0.25) is 5.95 Å². The van der Waals surface area contributed by atoms with Gasteiger partial charge >= 0.3 is 6.18 Å². The topological polar surface area (TPSA) is 46.9 Å². The molecule has 0 fully saturated rings. The number of hydrogen-bond donors (Lipinski definition) is 1. The van der Waals surface area contributed by atoms with Gasteiger partial charge in [0, 0.05) is 13.6 Å². The van der Waals surface area contributed by atoms with Crippen LogP contribution in [0.5, 0.6) is 0 Å². The lowest BCUT2D eigenvalue weighted by Gasteiger charge is -2.16. The summed E-state index contributed by atoms with van der Waals surface area (Å²) in [4.78, 5) is 15.0. The van der Waals surface area contributed by atoms with E-state index in [9.17, 15) is 18.0 Å². The molecule has 0 aliphatic carbocycles. The van der Waals surface area contributed by atoms with E-state index in [1.807, 2.05) is 0 Å². The SMILES string of the molecule is CNc1nc(C(=O)C(F)(F)F)c2n1CCCC2. The Labute approximate surface area is 95.8 Å². The van der Waals surface area contributed by atoms with Crippen LogP contribution in [0.2, 0.25) is 0 Å². The van der Waals surface area contributed by atoms with E-state index in [1.165, 1.54) is 0 Å². The number of carbonyl (C=O) groups is 1. The largest absolute Gasteiger partial charge is 0.456 e. The third-order valence-electron chi connectivity index (χ3n) is 2.81. The summed E-state index contributed by atoms with van der Waals surface area (Å²) in [5.74, 6) is -1.53. The van der Waals surface area contributed by atoms with Gasteiger partial charge in [0.25, 0.3) is 5.78 Å². The summed E-state index contributed by atoms with van der Waals surface area (Å²) in [6.45, 7) is 0.601. The third-order valence-corrected chi connectivity index (χ3v) is 2.81. The first kappa shape index (κ1) is 11.9. The van der Waals surface area contributed by atoms with Crippen molar-refractivity contribution in [3.05, 3.63) is 11.4 Å². The van der Waals surface area contributed by atoms with Crippen LogP contribution in [0.4, 0.5) is 19.1 Å². The van der Waals surface area contributed by atoms with E-state index in [2.05, 4.69) is 10.3 Å². The molecule has 1 aliphatic heterocycles. The predicted molar refractivity (Wildman–Crippen MR) is 55.1 cm³/mol. The molecule has 17 heavy (non-hydrogen) atoms. The molecule has 7 heteroatoms. The lowest BCUT2D eigenvalue weighted by atomic mass is 10.1. The van der Waals surface area contributed by atoms with Crippen molar-refractivity contribution < 1.29 is 18.0 Å². The number of anilines is 1. The molecule has 0 amide bonds. The highest BCUT2D eigenvalue weighted by atomic mass is 19.4. The van der Waals surface area contributed by atoms with Crippen molar-refractivity contribution in [3.63, 3.8) is 0 Å². The highest BCUT2D eigenvalue weighted by Gasteiger charge is 2.43. The molecule has 1 aromatic heterocycles. The number of hydrogen-bond acceptors (Lipinski definition) is 3. The van der Waals surface area contributed by atoms with Crippen LogP contribution in [-0.4, -0.2) is 28.6 Å². The van der Waals surface area contributed by atoms with Gasteiger partial charge in [-0.05, 0) is 19.3 Å². The van der Waals surface area contributed by atoms with E-state index in [1.54, 1.807) is 11.6 Å². The fourth-order valence-electron chi connectivity index (χ4n) is 2.05. The lowest BCUT2D eigenvalue weighted by Crippen LogP contribution is -2.25. The van der Waals surface area contributed by atoms with Gasteiger partial charge in [-0.1, -0.05) is 0 Å². The summed E-state index contributed by atoms with van der Waals surface area (Å²) >= 11 is 0. The zero-order valence-corrected chi connectivity index (χ0v) is 9.26. The molecule has 0 atom stereocenters. The minimum Gasteiger partial charge on any atom is -0.359 e. The quantitative estimate of drug-likeness (QED) is 0.813. The summed E-state index contributed by atoms with van der Waals surface area (Å²) in [5, 5.41) is 2.71. The second kappa shape index (κ2) is 4.05. The normalized spacial score (nSPS) is 15.5. The van der Waals surface area contributed by atoms with Crippen molar-refractivity contribution >= 4 is 11.7 Å². The smallest absolute Gasteiger partial charge is 0.359 e. The Morgan fingerprint density at radius 3 is 2.71 bits per heavy atom. The zero-order chi connectivity index (χ0) is 12.6. The highest BCUT2D eigenvalue weighted by molar-refractivity contribution is 6.00. The highest BCUT2D eigenvalue weighted by Crippen LogP contribution is 2.28. The van der Waals surface area contributed by atoms with Crippen molar-refractivity contribution in [2.45, 2.75) is 32.0 Å². The molecule has 0 bridgehead atoms. The Morgan fingerprint density at radius 2 is 2.12 bits per heavy atom. The molecule has 4 nitrogen and oxygen atoms in total. The third kappa shape index (κ3) is 2.01. The summed E-state index contributed by atoms with van der Waals surface area (Å²) in [5.41, 5.74) is -0.0653. The Kier molecular flexibility index (Phi) is 2.84. The molecule has 94 valence electrons. The zero-order valence-electron chi connectivity index (χ0n) is 9.26. The molecular formula is C10H12F3N3O. The van der Waals surface area contributed by atoms with Crippen LogP contribution in [0, 0.1) is 0 Å². The fraction of sp³-hybridized carbons (Fsp3) is 0.600. The van der Waals surface area contributed by atoms with Gasteiger partial charge in [0.1, 0.15) is 5.69 Å². The number of Topliss-reactive ketones (excluding diaryl/α,β-unsaturated/α-hetero) is 1. The Bertz CT molecular complexity index is 450. The first-order valence-corrected chi connectivity index (χ1v) is 5.34. The fourth-order valence-corrected chi connectivity index (χ4v) is 2.05. The van der Waals surface area contributed by atoms with Gasteiger partial charge in [-0.3, -0.25) is 4.79 Å². The van der Waals surface area contributed by atoms with Crippen LogP contribution >= 0.6 is 0 Å². The van der Waals surface area contributed by atoms with E-state index < -0.39 is 17.7 Å². The van der Waals surface area contributed by atoms with Crippen LogP contribution in [-0.2, 0) is 13.0 Å². The monoisotopic (exact) mass is 247 g/mol. The lowest BCUT2D eigenvalue weighted by molar-refractivity contribution is -0.0888. The Hall–Kier alpha value is -1.53. The second-order valence-electron chi connectivity index (χ2n) is 3.92. The average Bonchev–Trinajstić information content (AvgIpc) is 2.65. The van der Waals surface area contributed by atoms with Gasteiger partial charge in [-0.25, -0.2) is 4.98 Å². The maximum Gasteiger partial charge on any atom is 0.456 e. The first-order chi connectivity index (χ1) is 7.95. The van der Waals surface area contributed by atoms with Gasteiger partial charge in [-0.2, -0.15) is 13.2 Å². The van der Waals surface area contributed by atoms with Gasteiger partial charge in [-0.15, -0.1) is 0 Å². The van der Waals surface area contributed by atoms with Crippen LogP contribution in [0.1, 0.15) is 29.0 Å². The molecule has 0 saturated heterocycles. The Balaban J connectivity index is 2.48. The van der Waals surface area contributed by atoms with Crippen molar-refractivity contribution in [1.29, 1.82) is 0 Å². The first-order valence-electron chi connectivity index (χ1n) is 5.34. The number of halogens is 3. The van der Waals surface area contributed by atoms with E-state index in [0.29, 0.717) is 24.6 Å². The summed E-state index contributed by atoms with van der Waals surface area (Å²) in [6, 6.07) is 0. The van der Waals surface area contributed by atoms with E-state index in [4.69, 9.17) is 0 Å². The number of ketones is 1. The molecule has 0 aromatic carbocycles. The van der Waals surface area contributed by atoms with Crippen molar-refractivity contribution in [3.8, 4) is 0 Å². The average molecular weight is 247 g/mol. The molecule has 2 rings (SSSR count). The maximum absolute atomic E-state index is 12.4. The molecule has 2 heterocycles. The van der Waals surface area contributed by atoms with Crippen molar-refractivity contribution in [2.24, 2.45) is 0 Å². The minimum absolute atomic E-state index is 0.326. The summed E-state index contributed by atoms with van der Waals surface area (Å²) < 4.78 is 38.9. The molecule has 1 aliphatic rings. The standard InChI is InChI=1S/C10H12F3N3O/c1-14-9-15-7(8(17)10(11,12)13)6-4-2-3-5-16(6)9/h2-5H2,1H3,(H,14,15). The van der Waals surface area contributed by atoms with Crippen LogP contribution in [0.3, 0.4) is 0 Å². The van der Waals surface area contributed by atoms with E-state index >= 15 is 0 Å². The number of imidazole rings is 1. The van der Waals surface area contributed by atoms with Gasteiger partial charge < -0.3 is 9.88 Å². The van der Waals surface area contributed by atoms with Gasteiger partial charge in [0.15, 0.2) is 0 Å². The summed E-state index contributed by atoms with van der Waals surface area (Å²) in [6.07, 6.45) is -2.73. The number of nitrogens with zero attached hydrogens (tertiary/aromatic N) is 2. The van der Waals surface area contributed by atoms with E-state index in [-0.39, 0.29) is 0 Å². The van der Waals surface area contributed by atoms with Crippen LogP contribution < -0.4 is 5.32 Å². The molecule has 0 unspecified atom stereocenters. The minimum atomic E-state index is -4.86. The molecule has 0 spiro atoms. The number of alkyl halides is 3. The molecule has 1 aromatic rings. The molecule has 0 saturated carbocycles. The molecule has 1 N–H and O–H groups in total. The van der Waals surface area contributed by atoms with Crippen LogP contribution in [0.15, 0.2) is 0 Å². The molecular weight excluding hydrogens is 235 g/mol. The predicted octanol–water partition coefficient (Wildman–Crippen LogP) is 2.01. The number of nitrogens with one attached hydrogen (secondary N) is 1. The number of rotatable bonds is 2. The van der Waals surface area contributed by atoms with Crippen LogP contribution in [0.25, 0.3) is 0 Å². The maximum atomic E-state index is 12.4. The van der Waals surface area contributed by atoms with Crippen molar-refractivity contribution in [2.75, 3.05) is 12.4 Å². The number of aromatic nitrogens is 2. The number of fused-ring (bicyclic) bond motifs is 1. The molecule has 0 radical (unpaired) electrons. The summed E-state index contributed by atoms with van der Waals surface area (Å²) in [7, 11) is 1.58. The Morgan fingerprint density at radius 1 is 1.41 bits per heavy atom. The van der Waals surface area contributed by atoms with Crippen molar-refractivity contribution in [1.82, 2.24) is 9.55 Å². The second-order valence-corrected chi connectivity index (χ2v) is 3.92. The number of carbonyl (C=O) groups excluding carboxylic acids is 1. The van der Waals surface area contributed by atoms with E-state index in [0.717, 1.165) is 12.8 Å². The van der Waals surface area contributed by atoms with Gasteiger partial charge in [0.05, 0.1) is 5.69 Å².